The van der Waals surface area contributed by atoms with Crippen LogP contribution in [0.4, 0.5) is 0 Å². The zero-order chi connectivity index (χ0) is 17.1. The molecular weight excluding hydrogens is 312 g/mol. The van der Waals surface area contributed by atoms with E-state index >= 15 is 0 Å². The van der Waals surface area contributed by atoms with Crippen molar-refractivity contribution in [3.05, 3.63) is 59.3 Å². The number of aromatic nitrogens is 1. The first-order valence-electron chi connectivity index (χ1n) is 9.16. The maximum atomic E-state index is 10.4. The molecule has 130 valence electrons. The number of nitrogens with zero attached hydrogens (tertiary/aromatic N) is 2. The summed E-state index contributed by atoms with van der Waals surface area (Å²) >= 11 is 0. The van der Waals surface area contributed by atoms with Gasteiger partial charge in [0.15, 0.2) is 5.58 Å². The third kappa shape index (κ3) is 3.54. The van der Waals surface area contributed by atoms with Gasteiger partial charge in [-0.3, -0.25) is 4.90 Å². The molecule has 4 rings (SSSR count). The number of benzene rings is 2. The Balaban J connectivity index is 1.64. The fourth-order valence-electron chi connectivity index (χ4n) is 3.69. The SMILES string of the molecule is Oc1ccc2c(Cc3ccccc3)noc2c1CN1CCCCCC1. The van der Waals surface area contributed by atoms with Crippen molar-refractivity contribution in [2.45, 2.75) is 38.6 Å². The zero-order valence-electron chi connectivity index (χ0n) is 14.4. The largest absolute Gasteiger partial charge is 0.507 e. The van der Waals surface area contributed by atoms with Crippen molar-refractivity contribution in [3.8, 4) is 5.75 Å². The molecule has 1 N–H and O–H groups in total. The molecule has 0 radical (unpaired) electrons. The second-order valence-corrected chi connectivity index (χ2v) is 6.92. The first-order valence-corrected chi connectivity index (χ1v) is 9.16. The molecule has 3 aromatic rings. The Hall–Kier alpha value is -2.33. The number of hydrogen-bond acceptors (Lipinski definition) is 4. The van der Waals surface area contributed by atoms with Gasteiger partial charge in [0.2, 0.25) is 0 Å². The molecule has 0 aliphatic carbocycles. The highest BCUT2D eigenvalue weighted by molar-refractivity contribution is 5.84. The van der Waals surface area contributed by atoms with E-state index in [4.69, 9.17) is 4.52 Å². The summed E-state index contributed by atoms with van der Waals surface area (Å²) in [4.78, 5) is 2.42. The Labute approximate surface area is 148 Å². The minimum atomic E-state index is 0.305. The van der Waals surface area contributed by atoms with Crippen LogP contribution in [0.3, 0.4) is 0 Å². The highest BCUT2D eigenvalue weighted by Gasteiger charge is 2.19. The average molecular weight is 336 g/mol. The summed E-state index contributed by atoms with van der Waals surface area (Å²) in [5.74, 6) is 0.305. The Bertz CT molecular complexity index is 834. The van der Waals surface area contributed by atoms with Gasteiger partial charge in [-0.15, -0.1) is 0 Å². The van der Waals surface area contributed by atoms with Gasteiger partial charge in [0.1, 0.15) is 5.75 Å². The minimum Gasteiger partial charge on any atom is -0.507 e. The lowest BCUT2D eigenvalue weighted by molar-refractivity contribution is 0.272. The maximum Gasteiger partial charge on any atom is 0.175 e. The molecule has 2 aromatic carbocycles. The van der Waals surface area contributed by atoms with Crippen LogP contribution in [0.25, 0.3) is 11.0 Å². The first-order chi connectivity index (χ1) is 12.3. The molecule has 1 saturated heterocycles. The van der Waals surface area contributed by atoms with Crippen LogP contribution in [0.5, 0.6) is 5.75 Å². The molecule has 4 nitrogen and oxygen atoms in total. The maximum absolute atomic E-state index is 10.4. The first kappa shape index (κ1) is 16.2. The van der Waals surface area contributed by atoms with Crippen molar-refractivity contribution in [1.82, 2.24) is 10.1 Å². The molecule has 0 atom stereocenters. The molecule has 1 aliphatic rings. The average Bonchev–Trinajstić information content (AvgIpc) is 2.86. The summed E-state index contributed by atoms with van der Waals surface area (Å²) in [5, 5.41) is 15.7. The highest BCUT2D eigenvalue weighted by atomic mass is 16.5. The number of likely N-dealkylation sites (tertiary alicyclic amines) is 1. The predicted octanol–water partition coefficient (Wildman–Crippen LogP) is 4.50. The second kappa shape index (κ2) is 7.28. The third-order valence-corrected chi connectivity index (χ3v) is 5.09. The summed E-state index contributed by atoms with van der Waals surface area (Å²) in [7, 11) is 0. The van der Waals surface area contributed by atoms with Gasteiger partial charge in [-0.05, 0) is 43.6 Å². The summed E-state index contributed by atoms with van der Waals surface area (Å²) in [5.41, 5.74) is 3.74. The quantitative estimate of drug-likeness (QED) is 0.762. The second-order valence-electron chi connectivity index (χ2n) is 6.92. The lowest BCUT2D eigenvalue weighted by Gasteiger charge is -2.20. The smallest absolute Gasteiger partial charge is 0.175 e. The van der Waals surface area contributed by atoms with Crippen LogP contribution in [0.1, 0.15) is 42.5 Å². The van der Waals surface area contributed by atoms with E-state index in [1.165, 1.54) is 31.2 Å². The van der Waals surface area contributed by atoms with E-state index in [-0.39, 0.29) is 0 Å². The molecule has 1 aromatic heterocycles. The van der Waals surface area contributed by atoms with Crippen LogP contribution in [0.15, 0.2) is 47.0 Å². The highest BCUT2D eigenvalue weighted by Crippen LogP contribution is 2.31. The third-order valence-electron chi connectivity index (χ3n) is 5.09. The molecule has 4 heteroatoms. The zero-order valence-corrected chi connectivity index (χ0v) is 14.4. The molecule has 0 amide bonds. The van der Waals surface area contributed by atoms with E-state index in [0.717, 1.165) is 48.3 Å². The van der Waals surface area contributed by atoms with E-state index in [0.29, 0.717) is 5.75 Å². The Kier molecular flexibility index (Phi) is 4.70. The van der Waals surface area contributed by atoms with Crippen LogP contribution in [0.2, 0.25) is 0 Å². The van der Waals surface area contributed by atoms with Gasteiger partial charge in [-0.2, -0.15) is 0 Å². The van der Waals surface area contributed by atoms with Gasteiger partial charge >= 0.3 is 0 Å². The van der Waals surface area contributed by atoms with Crippen LogP contribution in [-0.2, 0) is 13.0 Å². The molecule has 1 fully saturated rings. The Morgan fingerprint density at radius 3 is 2.48 bits per heavy atom. The number of fused-ring (bicyclic) bond motifs is 1. The van der Waals surface area contributed by atoms with Crippen molar-refractivity contribution in [2.24, 2.45) is 0 Å². The number of phenolic OH excluding ortho intramolecular Hbond substituents is 1. The van der Waals surface area contributed by atoms with Crippen LogP contribution in [-0.4, -0.2) is 28.3 Å². The van der Waals surface area contributed by atoms with Crippen molar-refractivity contribution in [2.75, 3.05) is 13.1 Å². The van der Waals surface area contributed by atoms with Crippen molar-refractivity contribution in [3.63, 3.8) is 0 Å². The lowest BCUT2D eigenvalue weighted by Crippen LogP contribution is -2.24. The summed E-state index contributed by atoms with van der Waals surface area (Å²) < 4.78 is 5.67. The number of rotatable bonds is 4. The lowest BCUT2D eigenvalue weighted by atomic mass is 10.0. The van der Waals surface area contributed by atoms with E-state index in [1.807, 2.05) is 24.3 Å². The van der Waals surface area contributed by atoms with E-state index in [2.05, 4.69) is 22.2 Å². The number of hydrogen-bond donors (Lipinski definition) is 1. The molecule has 0 bridgehead atoms. The van der Waals surface area contributed by atoms with E-state index < -0.39 is 0 Å². The molecule has 0 spiro atoms. The van der Waals surface area contributed by atoms with Crippen LogP contribution >= 0.6 is 0 Å². The summed E-state index contributed by atoms with van der Waals surface area (Å²) in [6.45, 7) is 2.89. The predicted molar refractivity (Wildman–Crippen MR) is 98.7 cm³/mol. The van der Waals surface area contributed by atoms with Gasteiger partial charge in [-0.25, -0.2) is 0 Å². The molecule has 1 aliphatic heterocycles. The van der Waals surface area contributed by atoms with Crippen molar-refractivity contribution in [1.29, 1.82) is 0 Å². The molecule has 0 saturated carbocycles. The Morgan fingerprint density at radius 1 is 0.960 bits per heavy atom. The van der Waals surface area contributed by atoms with Gasteiger partial charge in [0.05, 0.1) is 11.3 Å². The van der Waals surface area contributed by atoms with Gasteiger partial charge < -0.3 is 9.63 Å². The summed E-state index contributed by atoms with van der Waals surface area (Å²) in [6.07, 6.45) is 5.80. The van der Waals surface area contributed by atoms with Crippen molar-refractivity contribution < 1.29 is 9.63 Å². The van der Waals surface area contributed by atoms with Crippen LogP contribution < -0.4 is 0 Å². The van der Waals surface area contributed by atoms with Gasteiger partial charge in [-0.1, -0.05) is 48.3 Å². The van der Waals surface area contributed by atoms with Crippen molar-refractivity contribution >= 4 is 11.0 Å². The topological polar surface area (TPSA) is 49.5 Å². The minimum absolute atomic E-state index is 0.305. The van der Waals surface area contributed by atoms with E-state index in [1.54, 1.807) is 6.07 Å². The Morgan fingerprint density at radius 2 is 1.72 bits per heavy atom. The number of aromatic hydroxyl groups is 1. The van der Waals surface area contributed by atoms with Gasteiger partial charge in [0.25, 0.3) is 0 Å². The van der Waals surface area contributed by atoms with Gasteiger partial charge in [0, 0.05) is 18.4 Å². The molecular formula is C21H24N2O2. The van der Waals surface area contributed by atoms with Crippen LogP contribution in [0, 0.1) is 0 Å². The fraction of sp³-hybridized carbons (Fsp3) is 0.381. The standard InChI is InChI=1S/C21H24N2O2/c24-20-11-10-17-19(14-16-8-4-3-5-9-16)22-25-21(17)18(20)15-23-12-6-1-2-7-13-23/h3-5,8-11,24H,1-2,6-7,12-15H2. The molecule has 2 heterocycles. The van der Waals surface area contributed by atoms with E-state index in [9.17, 15) is 5.11 Å². The summed E-state index contributed by atoms with van der Waals surface area (Å²) in [6, 6.07) is 14.0. The molecule has 25 heavy (non-hydrogen) atoms. The normalized spacial score (nSPS) is 16.2. The molecule has 0 unspecified atom stereocenters. The fourth-order valence-corrected chi connectivity index (χ4v) is 3.69. The number of phenols is 1. The monoisotopic (exact) mass is 336 g/mol.